The van der Waals surface area contributed by atoms with Crippen molar-refractivity contribution in [3.63, 3.8) is 0 Å². The molecule has 2 aliphatic rings. The number of para-hydroxylation sites is 1. The van der Waals surface area contributed by atoms with Gasteiger partial charge in [-0.15, -0.1) is 0 Å². The molecular weight excluding hydrogens is 302 g/mol. The van der Waals surface area contributed by atoms with Crippen molar-refractivity contribution < 1.29 is 9.53 Å². The standard InChI is InChI=1S/C19H29N3O2/c1-21(15-19(23)20-13-17-8-6-12-24-17)14-16-7-2-3-9-18(16)22-10-4-5-11-22/h2-3,7,9,17H,4-6,8,10-15H2,1H3,(H,20,23). The van der Waals surface area contributed by atoms with Crippen LogP contribution in [0.1, 0.15) is 31.2 Å². The van der Waals surface area contributed by atoms with Gasteiger partial charge >= 0.3 is 0 Å². The molecule has 0 saturated carbocycles. The third kappa shape index (κ3) is 4.71. The first-order valence-electron chi connectivity index (χ1n) is 9.12. The molecule has 1 atom stereocenters. The lowest BCUT2D eigenvalue weighted by atomic mass is 10.1. The highest BCUT2D eigenvalue weighted by Crippen LogP contribution is 2.25. The molecule has 5 heteroatoms. The van der Waals surface area contributed by atoms with Gasteiger partial charge in [-0.1, -0.05) is 18.2 Å². The summed E-state index contributed by atoms with van der Waals surface area (Å²) in [5.41, 5.74) is 2.62. The summed E-state index contributed by atoms with van der Waals surface area (Å²) in [5.74, 6) is 0.0756. The predicted octanol–water partition coefficient (Wildman–Crippen LogP) is 2.01. The highest BCUT2D eigenvalue weighted by Gasteiger charge is 2.18. The first-order valence-corrected chi connectivity index (χ1v) is 9.12. The van der Waals surface area contributed by atoms with Crippen molar-refractivity contribution in [3.05, 3.63) is 29.8 Å². The molecular formula is C19H29N3O2. The van der Waals surface area contributed by atoms with Crippen LogP contribution in [0.2, 0.25) is 0 Å². The Hall–Kier alpha value is -1.59. The molecule has 0 spiro atoms. The largest absolute Gasteiger partial charge is 0.376 e. The lowest BCUT2D eigenvalue weighted by Gasteiger charge is -2.24. The third-order valence-corrected chi connectivity index (χ3v) is 4.84. The summed E-state index contributed by atoms with van der Waals surface area (Å²) in [4.78, 5) is 16.7. The summed E-state index contributed by atoms with van der Waals surface area (Å²) in [6, 6.07) is 8.56. The van der Waals surface area contributed by atoms with E-state index in [1.54, 1.807) is 0 Å². The molecule has 2 fully saturated rings. The van der Waals surface area contributed by atoms with Gasteiger partial charge in [-0.25, -0.2) is 0 Å². The van der Waals surface area contributed by atoms with Gasteiger partial charge in [-0.2, -0.15) is 0 Å². The van der Waals surface area contributed by atoms with Gasteiger partial charge in [-0.3, -0.25) is 9.69 Å². The highest BCUT2D eigenvalue weighted by molar-refractivity contribution is 5.78. The molecule has 1 aromatic carbocycles. The van der Waals surface area contributed by atoms with Gasteiger partial charge in [0.1, 0.15) is 0 Å². The molecule has 0 aliphatic carbocycles. The van der Waals surface area contributed by atoms with Crippen LogP contribution in [0.4, 0.5) is 5.69 Å². The van der Waals surface area contributed by atoms with Crippen LogP contribution in [-0.4, -0.2) is 56.7 Å². The summed E-state index contributed by atoms with van der Waals surface area (Å²) in [6.07, 6.45) is 4.91. The van der Waals surface area contributed by atoms with Crippen molar-refractivity contribution in [3.8, 4) is 0 Å². The van der Waals surface area contributed by atoms with Gasteiger partial charge in [0, 0.05) is 38.5 Å². The predicted molar refractivity (Wildman–Crippen MR) is 96.2 cm³/mol. The van der Waals surface area contributed by atoms with E-state index in [1.165, 1.54) is 24.1 Å². The number of hydrogen-bond acceptors (Lipinski definition) is 4. The van der Waals surface area contributed by atoms with Gasteiger partial charge in [0.25, 0.3) is 0 Å². The molecule has 0 radical (unpaired) electrons. The molecule has 1 unspecified atom stereocenters. The third-order valence-electron chi connectivity index (χ3n) is 4.84. The second kappa shape index (κ2) is 8.49. The number of amides is 1. The summed E-state index contributed by atoms with van der Waals surface area (Å²) in [7, 11) is 2.01. The van der Waals surface area contributed by atoms with Crippen molar-refractivity contribution >= 4 is 11.6 Å². The maximum absolute atomic E-state index is 12.1. The van der Waals surface area contributed by atoms with E-state index in [2.05, 4.69) is 39.4 Å². The molecule has 0 bridgehead atoms. The fourth-order valence-corrected chi connectivity index (χ4v) is 3.59. The summed E-state index contributed by atoms with van der Waals surface area (Å²) < 4.78 is 5.54. The zero-order chi connectivity index (χ0) is 16.8. The SMILES string of the molecule is CN(CC(=O)NCC1CCCO1)Cc1ccccc1N1CCCC1. The molecule has 0 aromatic heterocycles. The Morgan fingerprint density at radius 3 is 2.83 bits per heavy atom. The topological polar surface area (TPSA) is 44.8 Å². The Morgan fingerprint density at radius 2 is 2.08 bits per heavy atom. The van der Waals surface area contributed by atoms with Gasteiger partial charge in [0.15, 0.2) is 0 Å². The van der Waals surface area contributed by atoms with Gasteiger partial charge in [-0.05, 0) is 44.4 Å². The Kier molecular flexibility index (Phi) is 6.10. The Morgan fingerprint density at radius 1 is 1.29 bits per heavy atom. The van der Waals surface area contributed by atoms with E-state index in [0.717, 1.165) is 39.1 Å². The minimum atomic E-state index is 0.0756. The Bertz CT molecular complexity index is 537. The zero-order valence-electron chi connectivity index (χ0n) is 14.7. The minimum absolute atomic E-state index is 0.0756. The highest BCUT2D eigenvalue weighted by atomic mass is 16.5. The second-order valence-corrected chi connectivity index (χ2v) is 6.93. The molecule has 3 rings (SSSR count). The van der Waals surface area contributed by atoms with E-state index >= 15 is 0 Å². The first kappa shape index (κ1) is 17.2. The van der Waals surface area contributed by atoms with Crippen LogP contribution in [0.3, 0.4) is 0 Å². The quantitative estimate of drug-likeness (QED) is 0.830. The van der Waals surface area contributed by atoms with Crippen LogP contribution >= 0.6 is 0 Å². The van der Waals surface area contributed by atoms with Crippen molar-refractivity contribution in [2.45, 2.75) is 38.3 Å². The van der Waals surface area contributed by atoms with E-state index in [0.29, 0.717) is 13.1 Å². The molecule has 2 aliphatic heterocycles. The van der Waals surface area contributed by atoms with E-state index in [4.69, 9.17) is 4.74 Å². The average molecular weight is 331 g/mol. The number of hydrogen-bond donors (Lipinski definition) is 1. The van der Waals surface area contributed by atoms with Gasteiger partial charge in [0.05, 0.1) is 12.6 Å². The number of carbonyl (C=O) groups excluding carboxylic acids is 1. The summed E-state index contributed by atoms with van der Waals surface area (Å²) >= 11 is 0. The maximum atomic E-state index is 12.1. The van der Waals surface area contributed by atoms with Crippen molar-refractivity contribution in [1.29, 1.82) is 0 Å². The number of benzene rings is 1. The normalized spacial score (nSPS) is 20.8. The fraction of sp³-hybridized carbons (Fsp3) is 0.632. The van der Waals surface area contributed by atoms with Crippen LogP contribution < -0.4 is 10.2 Å². The number of anilines is 1. The Balaban J connectivity index is 1.49. The van der Waals surface area contributed by atoms with Crippen LogP contribution in [0.5, 0.6) is 0 Å². The summed E-state index contributed by atoms with van der Waals surface area (Å²) in [5, 5.41) is 2.99. The number of likely N-dealkylation sites (N-methyl/N-ethyl adjacent to an activating group) is 1. The fourth-order valence-electron chi connectivity index (χ4n) is 3.59. The van der Waals surface area contributed by atoms with Crippen LogP contribution in [0, 0.1) is 0 Å². The summed E-state index contributed by atoms with van der Waals surface area (Å²) in [6.45, 7) is 4.96. The number of rotatable bonds is 7. The second-order valence-electron chi connectivity index (χ2n) is 6.93. The molecule has 2 heterocycles. The van der Waals surface area contributed by atoms with Crippen molar-refractivity contribution in [2.24, 2.45) is 0 Å². The molecule has 1 amide bonds. The monoisotopic (exact) mass is 331 g/mol. The molecule has 1 aromatic rings. The first-order chi connectivity index (χ1) is 11.7. The molecule has 5 nitrogen and oxygen atoms in total. The van der Waals surface area contributed by atoms with Crippen LogP contribution in [-0.2, 0) is 16.1 Å². The van der Waals surface area contributed by atoms with E-state index in [9.17, 15) is 4.79 Å². The van der Waals surface area contributed by atoms with Gasteiger partial charge in [0.2, 0.25) is 5.91 Å². The van der Waals surface area contributed by atoms with E-state index in [1.807, 2.05) is 7.05 Å². The zero-order valence-corrected chi connectivity index (χ0v) is 14.7. The molecule has 1 N–H and O–H groups in total. The number of nitrogens with zero attached hydrogens (tertiary/aromatic N) is 2. The van der Waals surface area contributed by atoms with Crippen LogP contribution in [0.15, 0.2) is 24.3 Å². The number of carbonyl (C=O) groups is 1. The number of nitrogens with one attached hydrogen (secondary N) is 1. The smallest absolute Gasteiger partial charge is 0.234 e. The molecule has 2 saturated heterocycles. The average Bonchev–Trinajstić information content (AvgIpc) is 3.27. The van der Waals surface area contributed by atoms with Crippen molar-refractivity contribution in [2.75, 3.05) is 44.7 Å². The number of ether oxygens (including phenoxy) is 1. The Labute approximate surface area is 145 Å². The van der Waals surface area contributed by atoms with E-state index in [-0.39, 0.29) is 12.0 Å². The van der Waals surface area contributed by atoms with Crippen LogP contribution in [0.25, 0.3) is 0 Å². The maximum Gasteiger partial charge on any atom is 0.234 e. The van der Waals surface area contributed by atoms with E-state index < -0.39 is 0 Å². The minimum Gasteiger partial charge on any atom is -0.376 e. The lowest BCUT2D eigenvalue weighted by Crippen LogP contribution is -2.38. The molecule has 24 heavy (non-hydrogen) atoms. The van der Waals surface area contributed by atoms with Gasteiger partial charge < -0.3 is 15.0 Å². The molecule has 132 valence electrons. The lowest BCUT2D eigenvalue weighted by molar-refractivity contribution is -0.122. The van der Waals surface area contributed by atoms with Crippen molar-refractivity contribution in [1.82, 2.24) is 10.2 Å².